The minimum Gasteiger partial charge on any atom is -0.497 e. The van der Waals surface area contributed by atoms with Crippen molar-refractivity contribution < 1.29 is 38.4 Å². The lowest BCUT2D eigenvalue weighted by atomic mass is 10.1. The van der Waals surface area contributed by atoms with Crippen LogP contribution in [0, 0.1) is 0 Å². The van der Waals surface area contributed by atoms with Crippen molar-refractivity contribution >= 4 is 29.3 Å². The molecular weight excluding hydrogens is 502 g/mol. The molecule has 0 saturated heterocycles. The van der Waals surface area contributed by atoms with Gasteiger partial charge in [0.25, 0.3) is 11.7 Å². The van der Waals surface area contributed by atoms with Crippen LogP contribution in [-0.4, -0.2) is 43.5 Å². The van der Waals surface area contributed by atoms with E-state index in [9.17, 15) is 14.4 Å². The van der Waals surface area contributed by atoms with Gasteiger partial charge < -0.3 is 29.4 Å². The molecule has 0 saturated carbocycles. The summed E-state index contributed by atoms with van der Waals surface area (Å²) in [6, 6.07) is 17.3. The molecule has 0 fully saturated rings. The third-order valence-corrected chi connectivity index (χ3v) is 5.61. The number of carbonyl (C=O) groups is 3. The number of methoxy groups -OCH3 is 2. The highest BCUT2D eigenvalue weighted by atomic mass is 35.5. The number of hydrogen-bond acceptors (Lipinski definition) is 7. The Morgan fingerprint density at radius 2 is 1.35 bits per heavy atom. The normalized spacial score (nSPS) is 10.4. The van der Waals surface area contributed by atoms with E-state index in [0.29, 0.717) is 11.5 Å². The van der Waals surface area contributed by atoms with Gasteiger partial charge in [-0.2, -0.15) is 0 Å². The molecule has 0 aliphatic heterocycles. The Morgan fingerprint density at radius 1 is 0.811 bits per heavy atom. The fourth-order valence-corrected chi connectivity index (χ4v) is 3.50. The van der Waals surface area contributed by atoms with Crippen LogP contribution in [0.15, 0.2) is 60.7 Å². The van der Waals surface area contributed by atoms with Gasteiger partial charge in [0.2, 0.25) is 0 Å². The Morgan fingerprint density at radius 3 is 1.86 bits per heavy atom. The number of aliphatic carboxylic acids is 1. The molecule has 0 atom stereocenters. The summed E-state index contributed by atoms with van der Waals surface area (Å²) in [6.07, 6.45) is -0.318. The topological polar surface area (TPSA) is 120 Å². The first-order chi connectivity index (χ1) is 17.8. The highest BCUT2D eigenvalue weighted by Gasteiger charge is 2.24. The van der Waals surface area contributed by atoms with Gasteiger partial charge in [-0.3, -0.25) is 14.4 Å². The van der Waals surface area contributed by atoms with Gasteiger partial charge in [-0.05, 0) is 47.5 Å². The number of nitrogens with one attached hydrogen (secondary N) is 1. The lowest BCUT2D eigenvalue weighted by molar-refractivity contribution is -0.136. The highest BCUT2D eigenvalue weighted by molar-refractivity contribution is 6.47. The van der Waals surface area contributed by atoms with Crippen LogP contribution in [0.2, 0.25) is 5.02 Å². The fourth-order valence-electron chi connectivity index (χ4n) is 3.21. The number of Topliss-reactive ketones (excluding diaryl/α,β-unsaturated/α-hetero) is 1. The fraction of sp³-hybridized carbons (Fsp3) is 0.222. The second-order valence-electron chi connectivity index (χ2n) is 7.76. The van der Waals surface area contributed by atoms with Gasteiger partial charge >= 0.3 is 5.97 Å². The monoisotopic (exact) mass is 527 g/mol. The average Bonchev–Trinajstić information content (AvgIpc) is 2.91. The van der Waals surface area contributed by atoms with Crippen LogP contribution in [0.25, 0.3) is 0 Å². The number of ketones is 1. The van der Waals surface area contributed by atoms with Gasteiger partial charge in [0.05, 0.1) is 31.2 Å². The molecule has 0 radical (unpaired) electrons. The lowest BCUT2D eigenvalue weighted by Crippen LogP contribution is -2.32. The van der Waals surface area contributed by atoms with E-state index in [0.717, 1.165) is 11.1 Å². The number of carbonyl (C=O) groups excluding carboxylic acids is 2. The van der Waals surface area contributed by atoms with Crippen molar-refractivity contribution in [3.63, 3.8) is 0 Å². The maximum atomic E-state index is 12.7. The summed E-state index contributed by atoms with van der Waals surface area (Å²) in [6.45, 7) is 0.0919. The van der Waals surface area contributed by atoms with E-state index in [1.807, 2.05) is 24.3 Å². The van der Waals surface area contributed by atoms with E-state index in [1.54, 1.807) is 38.5 Å². The summed E-state index contributed by atoms with van der Waals surface area (Å²) in [4.78, 5) is 35.7. The van der Waals surface area contributed by atoms with E-state index in [2.05, 4.69) is 5.32 Å². The summed E-state index contributed by atoms with van der Waals surface area (Å²) in [7, 11) is 3.15. The molecule has 9 nitrogen and oxygen atoms in total. The van der Waals surface area contributed by atoms with E-state index in [4.69, 9.17) is 35.7 Å². The zero-order valence-electron chi connectivity index (χ0n) is 20.3. The Hall–Kier alpha value is -4.24. The van der Waals surface area contributed by atoms with Crippen molar-refractivity contribution in [1.82, 2.24) is 5.32 Å². The second kappa shape index (κ2) is 13.2. The largest absolute Gasteiger partial charge is 0.497 e. The molecule has 0 spiro atoms. The van der Waals surface area contributed by atoms with Crippen molar-refractivity contribution in [2.45, 2.75) is 19.6 Å². The van der Waals surface area contributed by atoms with Crippen LogP contribution in [0.4, 0.5) is 0 Å². The molecule has 0 heterocycles. The molecule has 3 aromatic rings. The van der Waals surface area contributed by atoms with E-state index >= 15 is 0 Å². The maximum Gasteiger partial charge on any atom is 0.305 e. The first-order valence-corrected chi connectivity index (χ1v) is 11.6. The minimum atomic E-state index is -1.10. The van der Waals surface area contributed by atoms with Crippen LogP contribution in [0.1, 0.15) is 27.9 Å². The van der Waals surface area contributed by atoms with Crippen molar-refractivity contribution in [2.24, 2.45) is 0 Å². The molecule has 0 aromatic heterocycles. The number of ether oxygens (including phenoxy) is 4. The smallest absolute Gasteiger partial charge is 0.305 e. The highest BCUT2D eigenvalue weighted by Crippen LogP contribution is 2.39. The Kier molecular flexibility index (Phi) is 9.74. The van der Waals surface area contributed by atoms with Gasteiger partial charge in [-0.1, -0.05) is 35.9 Å². The van der Waals surface area contributed by atoms with Gasteiger partial charge in [-0.15, -0.1) is 0 Å². The van der Waals surface area contributed by atoms with Gasteiger partial charge in [0.1, 0.15) is 24.7 Å². The number of halogens is 1. The molecule has 3 aromatic carbocycles. The molecule has 0 bridgehead atoms. The standard InChI is InChI=1S/C27H26ClNO8/c1-34-19-7-3-17(4-8-19)15-36-22-12-11-21(25(32)27(33)29-14-13-23(30)31)24(28)26(22)37-16-18-5-9-20(35-2)10-6-18/h3-12H,13-16H2,1-2H3,(H,29,33)(H,30,31). The lowest BCUT2D eigenvalue weighted by Gasteiger charge is -2.16. The van der Waals surface area contributed by atoms with Crippen LogP contribution in [-0.2, 0) is 22.8 Å². The van der Waals surface area contributed by atoms with Crippen molar-refractivity contribution in [2.75, 3.05) is 20.8 Å². The molecule has 2 N–H and O–H groups in total. The Bertz CT molecular complexity index is 1240. The summed E-state index contributed by atoms with van der Waals surface area (Å²) in [5.74, 6) is -1.24. The van der Waals surface area contributed by atoms with Gasteiger partial charge in [0.15, 0.2) is 11.5 Å². The van der Waals surface area contributed by atoms with Crippen molar-refractivity contribution in [3.8, 4) is 23.0 Å². The molecule has 0 aliphatic rings. The number of rotatable bonds is 13. The number of carboxylic acids is 1. The number of hydrogen-bond donors (Lipinski definition) is 2. The molecular formula is C27H26ClNO8. The molecule has 10 heteroatoms. The Balaban J connectivity index is 1.83. The first kappa shape index (κ1) is 27.3. The summed E-state index contributed by atoms with van der Waals surface area (Å²) in [5, 5.41) is 10.9. The minimum absolute atomic E-state index is 0.0928. The maximum absolute atomic E-state index is 12.7. The summed E-state index contributed by atoms with van der Waals surface area (Å²) >= 11 is 6.54. The third kappa shape index (κ3) is 7.62. The third-order valence-electron chi connectivity index (χ3n) is 5.23. The predicted octanol–water partition coefficient (Wildman–Crippen LogP) is 4.29. The van der Waals surface area contributed by atoms with Gasteiger partial charge in [-0.25, -0.2) is 0 Å². The quantitative estimate of drug-likeness (QED) is 0.249. The first-order valence-electron chi connectivity index (χ1n) is 11.2. The Labute approximate surface area is 218 Å². The second-order valence-corrected chi connectivity index (χ2v) is 8.13. The van der Waals surface area contributed by atoms with Crippen molar-refractivity contribution in [3.05, 3.63) is 82.4 Å². The molecule has 0 aliphatic carbocycles. The van der Waals surface area contributed by atoms with E-state index in [-0.39, 0.29) is 48.3 Å². The molecule has 0 unspecified atom stereocenters. The molecule has 194 valence electrons. The number of amides is 1. The van der Waals surface area contributed by atoms with Crippen LogP contribution >= 0.6 is 11.6 Å². The SMILES string of the molecule is COc1ccc(COc2ccc(C(=O)C(=O)NCCC(=O)O)c(Cl)c2OCc2ccc(OC)cc2)cc1. The zero-order chi connectivity index (χ0) is 26.8. The average molecular weight is 528 g/mol. The zero-order valence-corrected chi connectivity index (χ0v) is 21.0. The summed E-state index contributed by atoms with van der Waals surface area (Å²) < 4.78 is 22.2. The van der Waals surface area contributed by atoms with Crippen molar-refractivity contribution in [1.29, 1.82) is 0 Å². The number of carboxylic acid groups (broad SMARTS) is 1. The summed E-state index contributed by atoms with van der Waals surface area (Å²) in [5.41, 5.74) is 1.56. The van der Waals surface area contributed by atoms with E-state index < -0.39 is 17.7 Å². The molecule has 1 amide bonds. The molecule has 3 rings (SSSR count). The van der Waals surface area contributed by atoms with E-state index in [1.165, 1.54) is 12.1 Å². The van der Waals surface area contributed by atoms with Gasteiger partial charge in [0, 0.05) is 6.54 Å². The van der Waals surface area contributed by atoms with Crippen LogP contribution in [0.3, 0.4) is 0 Å². The predicted molar refractivity (Wildman–Crippen MR) is 136 cm³/mol. The van der Waals surface area contributed by atoms with Crippen LogP contribution < -0.4 is 24.3 Å². The van der Waals surface area contributed by atoms with Crippen LogP contribution in [0.5, 0.6) is 23.0 Å². The number of benzene rings is 3. The molecule has 37 heavy (non-hydrogen) atoms.